The molecular weight excluding hydrogens is 354 g/mol. The summed E-state index contributed by atoms with van der Waals surface area (Å²) in [4.78, 5) is 43.8. The number of amides is 3. The molecule has 1 aromatic rings. The quantitative estimate of drug-likeness (QED) is 0.739. The van der Waals surface area contributed by atoms with Gasteiger partial charge in [-0.05, 0) is 36.7 Å². The summed E-state index contributed by atoms with van der Waals surface area (Å²) in [6.07, 6.45) is 3.16. The first kappa shape index (κ1) is 17.9. The molecule has 0 radical (unpaired) electrons. The Morgan fingerprint density at radius 3 is 2.11 bits per heavy atom. The smallest absolute Gasteiger partial charge is 0.242 e. The number of hydrogen-bond donors (Lipinski definition) is 0. The standard InChI is InChI=1S/C22H27N3O3/c26-18(24-10-8-23(9-11-24)13-15-4-2-1-3-5-15)14-25-21(27)19-16-6-7-17(12-16)20(19)22(25)28/h1-5,16-17,19-20H,6-14H2/t16-,17-,19-,20-/m0/s1. The van der Waals surface area contributed by atoms with Gasteiger partial charge in [0.05, 0.1) is 11.8 Å². The van der Waals surface area contributed by atoms with Crippen LogP contribution in [0, 0.1) is 23.7 Å². The van der Waals surface area contributed by atoms with Crippen molar-refractivity contribution in [3.8, 4) is 0 Å². The minimum absolute atomic E-state index is 0.0667. The molecular formula is C22H27N3O3. The lowest BCUT2D eigenvalue weighted by atomic mass is 9.81. The highest BCUT2D eigenvalue weighted by Crippen LogP contribution is 2.56. The average Bonchev–Trinajstić information content (AvgIpc) is 3.39. The number of carbonyl (C=O) groups is 3. The van der Waals surface area contributed by atoms with E-state index in [0.717, 1.165) is 38.9 Å². The third-order valence-corrected chi connectivity index (χ3v) is 7.29. The third-order valence-electron chi connectivity index (χ3n) is 7.29. The molecule has 1 aromatic carbocycles. The highest BCUT2D eigenvalue weighted by atomic mass is 16.2. The second-order valence-corrected chi connectivity index (χ2v) is 8.79. The maximum absolute atomic E-state index is 12.8. The van der Waals surface area contributed by atoms with E-state index in [2.05, 4.69) is 17.0 Å². The number of carbonyl (C=O) groups excluding carboxylic acids is 3. The Morgan fingerprint density at radius 1 is 0.893 bits per heavy atom. The first-order valence-electron chi connectivity index (χ1n) is 10.5. The Kier molecular flexibility index (Phi) is 4.46. The Hall–Kier alpha value is -2.21. The molecule has 2 bridgehead atoms. The van der Waals surface area contributed by atoms with Crippen LogP contribution < -0.4 is 0 Å². The monoisotopic (exact) mass is 381 g/mol. The SMILES string of the molecule is O=C(CN1C(=O)[C@H]2[C@H]3CC[C@@H](C3)[C@@H]2C1=O)N1CCN(Cc2ccccc2)CC1. The predicted molar refractivity (Wildman–Crippen MR) is 103 cm³/mol. The minimum atomic E-state index is -0.137. The van der Waals surface area contributed by atoms with Gasteiger partial charge in [0.15, 0.2) is 0 Å². The summed E-state index contributed by atoms with van der Waals surface area (Å²) in [5, 5.41) is 0. The summed E-state index contributed by atoms with van der Waals surface area (Å²) in [6.45, 7) is 3.76. The molecule has 2 saturated heterocycles. The van der Waals surface area contributed by atoms with E-state index in [-0.39, 0.29) is 36.1 Å². The molecule has 4 atom stereocenters. The van der Waals surface area contributed by atoms with Crippen molar-refractivity contribution in [2.24, 2.45) is 23.7 Å². The van der Waals surface area contributed by atoms with E-state index in [9.17, 15) is 14.4 Å². The highest BCUT2D eigenvalue weighted by Gasteiger charge is 2.61. The lowest BCUT2D eigenvalue weighted by Crippen LogP contribution is -2.51. The second-order valence-electron chi connectivity index (χ2n) is 8.79. The van der Waals surface area contributed by atoms with Crippen LogP contribution in [0.1, 0.15) is 24.8 Å². The fourth-order valence-electron chi connectivity index (χ4n) is 5.86. The first-order chi connectivity index (χ1) is 13.6. The number of benzene rings is 1. The van der Waals surface area contributed by atoms with Gasteiger partial charge in [-0.15, -0.1) is 0 Å². The van der Waals surface area contributed by atoms with Crippen LogP contribution in [0.5, 0.6) is 0 Å². The van der Waals surface area contributed by atoms with Gasteiger partial charge in [0.25, 0.3) is 0 Å². The molecule has 2 heterocycles. The van der Waals surface area contributed by atoms with Crippen LogP contribution >= 0.6 is 0 Å². The second kappa shape index (κ2) is 6.99. The average molecular weight is 381 g/mol. The van der Waals surface area contributed by atoms with Gasteiger partial charge in [-0.2, -0.15) is 0 Å². The molecule has 0 N–H and O–H groups in total. The van der Waals surface area contributed by atoms with Crippen molar-refractivity contribution in [3.05, 3.63) is 35.9 Å². The zero-order valence-electron chi connectivity index (χ0n) is 16.1. The molecule has 4 fully saturated rings. The molecule has 2 saturated carbocycles. The van der Waals surface area contributed by atoms with Crippen LogP contribution in [-0.4, -0.2) is 65.1 Å². The van der Waals surface area contributed by atoms with E-state index in [0.29, 0.717) is 24.9 Å². The van der Waals surface area contributed by atoms with Gasteiger partial charge in [-0.3, -0.25) is 24.2 Å². The number of hydrogen-bond acceptors (Lipinski definition) is 4. The van der Waals surface area contributed by atoms with Crippen molar-refractivity contribution in [1.29, 1.82) is 0 Å². The molecule has 0 spiro atoms. The number of rotatable bonds is 4. The van der Waals surface area contributed by atoms with E-state index in [1.807, 2.05) is 23.1 Å². The van der Waals surface area contributed by atoms with Crippen molar-refractivity contribution in [1.82, 2.24) is 14.7 Å². The van der Waals surface area contributed by atoms with Gasteiger partial charge in [0.1, 0.15) is 6.54 Å². The van der Waals surface area contributed by atoms with Crippen LogP contribution in [0.15, 0.2) is 30.3 Å². The Bertz CT molecular complexity index is 759. The molecule has 6 nitrogen and oxygen atoms in total. The molecule has 148 valence electrons. The molecule has 3 amide bonds. The third kappa shape index (κ3) is 2.94. The van der Waals surface area contributed by atoms with Crippen LogP contribution in [-0.2, 0) is 20.9 Å². The Labute approximate surface area is 165 Å². The van der Waals surface area contributed by atoms with Gasteiger partial charge in [-0.1, -0.05) is 30.3 Å². The van der Waals surface area contributed by atoms with Crippen molar-refractivity contribution < 1.29 is 14.4 Å². The Balaban J connectivity index is 1.16. The van der Waals surface area contributed by atoms with Gasteiger partial charge in [0.2, 0.25) is 17.7 Å². The molecule has 2 aliphatic carbocycles. The van der Waals surface area contributed by atoms with Crippen LogP contribution in [0.2, 0.25) is 0 Å². The van der Waals surface area contributed by atoms with E-state index in [1.165, 1.54) is 10.5 Å². The lowest BCUT2D eigenvalue weighted by molar-refractivity contribution is -0.147. The van der Waals surface area contributed by atoms with Gasteiger partial charge in [-0.25, -0.2) is 0 Å². The zero-order chi connectivity index (χ0) is 19.3. The summed E-state index contributed by atoms with van der Waals surface area (Å²) in [5.41, 5.74) is 1.27. The summed E-state index contributed by atoms with van der Waals surface area (Å²) in [6, 6.07) is 10.3. The lowest BCUT2D eigenvalue weighted by Gasteiger charge is -2.35. The number of nitrogens with zero attached hydrogens (tertiary/aromatic N) is 3. The van der Waals surface area contributed by atoms with Gasteiger partial charge >= 0.3 is 0 Å². The van der Waals surface area contributed by atoms with Crippen molar-refractivity contribution >= 4 is 17.7 Å². The predicted octanol–water partition coefficient (Wildman–Crippen LogP) is 1.36. The maximum atomic E-state index is 12.8. The van der Waals surface area contributed by atoms with E-state index in [1.54, 1.807) is 0 Å². The van der Waals surface area contributed by atoms with Crippen LogP contribution in [0.25, 0.3) is 0 Å². The van der Waals surface area contributed by atoms with Crippen molar-refractivity contribution in [2.45, 2.75) is 25.8 Å². The fraction of sp³-hybridized carbons (Fsp3) is 0.591. The van der Waals surface area contributed by atoms with E-state index >= 15 is 0 Å². The fourth-order valence-corrected chi connectivity index (χ4v) is 5.86. The first-order valence-corrected chi connectivity index (χ1v) is 10.5. The normalized spacial score (nSPS) is 32.3. The Morgan fingerprint density at radius 2 is 1.50 bits per heavy atom. The molecule has 2 aliphatic heterocycles. The molecule has 5 rings (SSSR count). The van der Waals surface area contributed by atoms with E-state index < -0.39 is 0 Å². The van der Waals surface area contributed by atoms with Crippen LogP contribution in [0.3, 0.4) is 0 Å². The maximum Gasteiger partial charge on any atom is 0.242 e. The topological polar surface area (TPSA) is 60.9 Å². The summed E-state index contributed by atoms with van der Waals surface area (Å²) in [5.74, 6) is 0.203. The number of piperazine rings is 1. The molecule has 0 unspecified atom stereocenters. The molecule has 28 heavy (non-hydrogen) atoms. The van der Waals surface area contributed by atoms with Gasteiger partial charge < -0.3 is 4.90 Å². The molecule has 6 heteroatoms. The van der Waals surface area contributed by atoms with Gasteiger partial charge in [0, 0.05) is 32.7 Å². The van der Waals surface area contributed by atoms with Crippen LogP contribution in [0.4, 0.5) is 0 Å². The van der Waals surface area contributed by atoms with Crippen molar-refractivity contribution in [3.63, 3.8) is 0 Å². The number of likely N-dealkylation sites (tertiary alicyclic amines) is 1. The van der Waals surface area contributed by atoms with E-state index in [4.69, 9.17) is 0 Å². The van der Waals surface area contributed by atoms with Crippen molar-refractivity contribution in [2.75, 3.05) is 32.7 Å². The number of fused-ring (bicyclic) bond motifs is 5. The highest BCUT2D eigenvalue weighted by molar-refractivity contribution is 6.08. The summed E-state index contributed by atoms with van der Waals surface area (Å²) in [7, 11) is 0. The molecule has 0 aromatic heterocycles. The zero-order valence-corrected chi connectivity index (χ0v) is 16.1. The summed E-state index contributed by atoms with van der Waals surface area (Å²) >= 11 is 0. The largest absolute Gasteiger partial charge is 0.339 e. The number of imide groups is 1. The summed E-state index contributed by atoms with van der Waals surface area (Å²) < 4.78 is 0. The minimum Gasteiger partial charge on any atom is -0.339 e. The molecule has 4 aliphatic rings.